The van der Waals surface area contributed by atoms with Crippen LogP contribution in [-0.2, 0) is 0 Å². The second-order valence-corrected chi connectivity index (χ2v) is 6.00. The Balaban J connectivity index is 2.04. The predicted octanol–water partition coefficient (Wildman–Crippen LogP) is 4.72. The molecular weight excluding hydrogens is 306 g/mol. The molecule has 2 heterocycles. The van der Waals surface area contributed by atoms with Crippen LogP contribution < -0.4 is 5.63 Å². The molecule has 0 aliphatic rings. The number of thiophene rings is 1. The highest BCUT2D eigenvalue weighted by molar-refractivity contribution is 7.23. The van der Waals surface area contributed by atoms with Gasteiger partial charge in [0.05, 0.1) is 15.9 Å². The molecule has 0 unspecified atom stereocenters. The molecule has 3 nitrogen and oxygen atoms in total. The highest BCUT2D eigenvalue weighted by Crippen LogP contribution is 2.41. The fourth-order valence-corrected chi connectivity index (χ4v) is 3.71. The Morgan fingerprint density at radius 1 is 1.00 bits per heavy atom. The lowest BCUT2D eigenvalue weighted by molar-refractivity contribution is 0.520. The zero-order valence-electron chi connectivity index (χ0n) is 10.7. The molecular formula is C16H8ClNO2S. The fraction of sp³-hybridized carbons (Fsp3) is 0. The van der Waals surface area contributed by atoms with Crippen molar-refractivity contribution in [3.05, 3.63) is 64.0 Å². The largest absolute Gasteiger partial charge is 0.402 e. The van der Waals surface area contributed by atoms with E-state index >= 15 is 0 Å². The van der Waals surface area contributed by atoms with E-state index in [1.807, 2.05) is 30.3 Å². The topological polar surface area (TPSA) is 43.1 Å². The summed E-state index contributed by atoms with van der Waals surface area (Å²) >= 11 is 7.87. The minimum absolute atomic E-state index is 0.268. The van der Waals surface area contributed by atoms with Crippen LogP contribution in [0.2, 0.25) is 5.02 Å². The summed E-state index contributed by atoms with van der Waals surface area (Å²) in [5, 5.41) is 1.98. The number of hydrogen-bond acceptors (Lipinski definition) is 4. The first kappa shape index (κ1) is 12.6. The van der Waals surface area contributed by atoms with Crippen molar-refractivity contribution in [1.29, 1.82) is 0 Å². The zero-order valence-corrected chi connectivity index (χ0v) is 12.2. The molecule has 0 N–H and O–H groups in total. The van der Waals surface area contributed by atoms with E-state index in [9.17, 15) is 4.79 Å². The summed E-state index contributed by atoms with van der Waals surface area (Å²) in [4.78, 5) is 17.2. The lowest BCUT2D eigenvalue weighted by Gasteiger charge is -1.99. The average Bonchev–Trinajstić information content (AvgIpc) is 2.85. The average molecular weight is 314 g/mol. The predicted molar refractivity (Wildman–Crippen MR) is 86.1 cm³/mol. The van der Waals surface area contributed by atoms with E-state index in [1.54, 1.807) is 18.2 Å². The van der Waals surface area contributed by atoms with Crippen molar-refractivity contribution in [3.8, 4) is 10.8 Å². The minimum atomic E-state index is -0.399. The summed E-state index contributed by atoms with van der Waals surface area (Å²) in [6.07, 6.45) is 0. The standard InChI is InChI=1S/C16H8ClNO2S/c17-13-10-6-2-4-8-12(10)21-14(13)15-18-11-7-3-1-5-9(11)16(19)20-15/h1-8H. The van der Waals surface area contributed by atoms with Crippen LogP contribution in [-0.4, -0.2) is 4.98 Å². The van der Waals surface area contributed by atoms with Crippen LogP contribution in [0.25, 0.3) is 31.8 Å². The zero-order chi connectivity index (χ0) is 14.4. The molecule has 0 aliphatic carbocycles. The monoisotopic (exact) mass is 313 g/mol. The summed E-state index contributed by atoms with van der Waals surface area (Å²) in [6.45, 7) is 0. The van der Waals surface area contributed by atoms with Gasteiger partial charge < -0.3 is 4.42 Å². The fourth-order valence-electron chi connectivity index (χ4n) is 2.27. The van der Waals surface area contributed by atoms with Crippen LogP contribution >= 0.6 is 22.9 Å². The third-order valence-electron chi connectivity index (χ3n) is 3.26. The number of rotatable bonds is 1. The van der Waals surface area contributed by atoms with Crippen LogP contribution in [0, 0.1) is 0 Å². The summed E-state index contributed by atoms with van der Waals surface area (Å²) in [5.74, 6) is 0.268. The summed E-state index contributed by atoms with van der Waals surface area (Å²) in [6, 6.07) is 14.9. The van der Waals surface area contributed by atoms with Gasteiger partial charge in [-0.05, 0) is 18.2 Å². The van der Waals surface area contributed by atoms with E-state index in [0.29, 0.717) is 20.8 Å². The maximum atomic E-state index is 12.1. The van der Waals surface area contributed by atoms with Crippen molar-refractivity contribution < 1.29 is 4.42 Å². The van der Waals surface area contributed by atoms with E-state index in [4.69, 9.17) is 16.0 Å². The van der Waals surface area contributed by atoms with Crippen molar-refractivity contribution in [2.45, 2.75) is 0 Å². The molecule has 0 radical (unpaired) electrons. The molecule has 0 bridgehead atoms. The number of benzene rings is 2. The van der Waals surface area contributed by atoms with E-state index in [1.165, 1.54) is 11.3 Å². The molecule has 0 spiro atoms. The Labute approximate surface area is 128 Å². The van der Waals surface area contributed by atoms with Crippen LogP contribution in [0.3, 0.4) is 0 Å². The normalized spacial score (nSPS) is 11.3. The number of fused-ring (bicyclic) bond motifs is 2. The van der Waals surface area contributed by atoms with Gasteiger partial charge in [0.25, 0.3) is 0 Å². The van der Waals surface area contributed by atoms with E-state index in [-0.39, 0.29) is 5.89 Å². The van der Waals surface area contributed by atoms with Gasteiger partial charge in [-0.3, -0.25) is 0 Å². The molecule has 2 aromatic heterocycles. The first-order valence-electron chi connectivity index (χ1n) is 6.31. The van der Waals surface area contributed by atoms with Crippen molar-refractivity contribution >= 4 is 43.9 Å². The Hall–Kier alpha value is -2.17. The molecule has 4 rings (SSSR count). The first-order valence-corrected chi connectivity index (χ1v) is 7.51. The van der Waals surface area contributed by atoms with Gasteiger partial charge in [-0.25, -0.2) is 9.78 Å². The van der Waals surface area contributed by atoms with E-state index in [2.05, 4.69) is 4.98 Å². The second-order valence-electron chi connectivity index (χ2n) is 4.56. The van der Waals surface area contributed by atoms with Gasteiger partial charge in [0, 0.05) is 10.1 Å². The van der Waals surface area contributed by atoms with E-state index < -0.39 is 5.63 Å². The van der Waals surface area contributed by atoms with Gasteiger partial charge in [-0.15, -0.1) is 11.3 Å². The quantitative estimate of drug-likeness (QED) is 0.510. The molecule has 21 heavy (non-hydrogen) atoms. The van der Waals surface area contributed by atoms with Crippen molar-refractivity contribution in [2.24, 2.45) is 0 Å². The summed E-state index contributed by atoms with van der Waals surface area (Å²) < 4.78 is 6.38. The maximum absolute atomic E-state index is 12.1. The summed E-state index contributed by atoms with van der Waals surface area (Å²) in [5.41, 5.74) is 0.210. The molecule has 5 heteroatoms. The number of nitrogens with zero attached hydrogens (tertiary/aromatic N) is 1. The molecule has 0 amide bonds. The van der Waals surface area contributed by atoms with Crippen molar-refractivity contribution in [3.63, 3.8) is 0 Å². The second kappa shape index (κ2) is 4.69. The van der Waals surface area contributed by atoms with Crippen molar-refractivity contribution in [1.82, 2.24) is 4.98 Å². The highest BCUT2D eigenvalue weighted by Gasteiger charge is 2.16. The first-order chi connectivity index (χ1) is 10.2. The van der Waals surface area contributed by atoms with E-state index in [0.717, 1.165) is 10.1 Å². The lowest BCUT2D eigenvalue weighted by atomic mass is 10.2. The Kier molecular flexibility index (Phi) is 2.80. The number of para-hydroxylation sites is 1. The molecule has 0 aliphatic heterocycles. The highest BCUT2D eigenvalue weighted by atomic mass is 35.5. The summed E-state index contributed by atoms with van der Waals surface area (Å²) in [7, 11) is 0. The van der Waals surface area contributed by atoms with Crippen LogP contribution in [0.4, 0.5) is 0 Å². The molecule has 0 saturated heterocycles. The maximum Gasteiger partial charge on any atom is 0.347 e. The van der Waals surface area contributed by atoms with Crippen LogP contribution in [0.1, 0.15) is 0 Å². The van der Waals surface area contributed by atoms with Gasteiger partial charge in [0.15, 0.2) is 0 Å². The molecule has 102 valence electrons. The van der Waals surface area contributed by atoms with Crippen molar-refractivity contribution in [2.75, 3.05) is 0 Å². The Morgan fingerprint density at radius 3 is 2.52 bits per heavy atom. The Bertz CT molecular complexity index is 1040. The number of hydrogen-bond donors (Lipinski definition) is 0. The molecule has 0 atom stereocenters. The lowest BCUT2D eigenvalue weighted by Crippen LogP contribution is -2.02. The molecule has 0 fully saturated rings. The van der Waals surface area contributed by atoms with Gasteiger partial charge >= 0.3 is 5.63 Å². The SMILES string of the molecule is O=c1oc(-c2sc3ccccc3c2Cl)nc2ccccc12. The third kappa shape index (κ3) is 1.95. The van der Waals surface area contributed by atoms with Gasteiger partial charge in [-0.2, -0.15) is 0 Å². The number of aromatic nitrogens is 1. The van der Waals surface area contributed by atoms with Gasteiger partial charge in [-0.1, -0.05) is 41.9 Å². The molecule has 0 saturated carbocycles. The van der Waals surface area contributed by atoms with Crippen LogP contribution in [0.15, 0.2) is 57.7 Å². The smallest absolute Gasteiger partial charge is 0.347 e. The van der Waals surface area contributed by atoms with Gasteiger partial charge in [0.1, 0.15) is 4.88 Å². The molecule has 4 aromatic rings. The Morgan fingerprint density at radius 2 is 1.71 bits per heavy atom. The third-order valence-corrected chi connectivity index (χ3v) is 4.93. The molecule has 2 aromatic carbocycles. The number of halogens is 1. The van der Waals surface area contributed by atoms with Crippen LogP contribution in [0.5, 0.6) is 0 Å². The minimum Gasteiger partial charge on any atom is -0.402 e. The van der Waals surface area contributed by atoms with Gasteiger partial charge in [0.2, 0.25) is 5.89 Å².